The predicted octanol–water partition coefficient (Wildman–Crippen LogP) is 5.36. The first-order valence-electron chi connectivity index (χ1n) is 14.3. The van der Waals surface area contributed by atoms with Crippen molar-refractivity contribution in [1.29, 1.82) is 0 Å². The van der Waals surface area contributed by atoms with Gasteiger partial charge in [-0.3, -0.25) is 9.80 Å². The number of hydrogen-bond donors (Lipinski definition) is 0. The van der Waals surface area contributed by atoms with Gasteiger partial charge in [0.05, 0.1) is 25.7 Å². The minimum absolute atomic E-state index is 0.139. The number of rotatable bonds is 7. The molecule has 1 fully saturated rings. The molecule has 2 atom stereocenters. The van der Waals surface area contributed by atoms with Gasteiger partial charge in [-0.05, 0) is 37.5 Å². The molecule has 0 radical (unpaired) electrons. The van der Waals surface area contributed by atoms with Crippen LogP contribution in [0.4, 0.5) is 15.4 Å². The average Bonchev–Trinajstić information content (AvgIpc) is 3.57. The maximum atomic E-state index is 13.2. The number of fused-ring (bicyclic) bond motifs is 2. The molecule has 10 heteroatoms. The Hall–Kier alpha value is -4.70. The molecule has 6 rings (SSSR count). The van der Waals surface area contributed by atoms with E-state index in [4.69, 9.17) is 14.2 Å². The Balaban J connectivity index is 1.29. The lowest BCUT2D eigenvalue weighted by Gasteiger charge is -2.37. The van der Waals surface area contributed by atoms with E-state index in [1.807, 2.05) is 54.6 Å². The fourth-order valence-electron chi connectivity index (χ4n) is 5.77. The molecular formula is C33H35N5O5. The number of ether oxygens (including phenoxy) is 3. The van der Waals surface area contributed by atoms with Crippen LogP contribution < -0.4 is 4.90 Å². The number of aromatic nitrogens is 3. The van der Waals surface area contributed by atoms with Crippen molar-refractivity contribution in [3.8, 4) is 0 Å². The van der Waals surface area contributed by atoms with Crippen molar-refractivity contribution in [2.75, 3.05) is 18.6 Å². The Bertz CT molecular complexity index is 1490. The Morgan fingerprint density at radius 3 is 1.98 bits per heavy atom. The van der Waals surface area contributed by atoms with Gasteiger partial charge in [-0.2, -0.15) is 0 Å². The van der Waals surface area contributed by atoms with Crippen molar-refractivity contribution in [2.24, 2.45) is 0 Å². The number of hydrogen-bond acceptors (Lipinski definition) is 7. The van der Waals surface area contributed by atoms with Gasteiger partial charge in [0.2, 0.25) is 0 Å². The van der Waals surface area contributed by atoms with E-state index in [0.717, 1.165) is 16.7 Å². The van der Waals surface area contributed by atoms with Crippen LogP contribution in [0.25, 0.3) is 0 Å². The van der Waals surface area contributed by atoms with Crippen LogP contribution in [0.2, 0.25) is 0 Å². The third kappa shape index (κ3) is 5.34. The highest BCUT2D eigenvalue weighted by Crippen LogP contribution is 2.41. The van der Waals surface area contributed by atoms with Crippen LogP contribution >= 0.6 is 0 Å². The van der Waals surface area contributed by atoms with Crippen LogP contribution in [0.15, 0.2) is 91.0 Å². The van der Waals surface area contributed by atoms with E-state index in [1.54, 1.807) is 37.4 Å². The number of anilines is 1. The van der Waals surface area contributed by atoms with Gasteiger partial charge >= 0.3 is 12.2 Å². The number of benzene rings is 3. The van der Waals surface area contributed by atoms with E-state index < -0.39 is 29.5 Å². The smallest absolute Gasteiger partial charge is 0.415 e. The number of nitrogens with zero attached hydrogens (tertiary/aromatic N) is 5. The summed E-state index contributed by atoms with van der Waals surface area (Å²) < 4.78 is 20.1. The molecule has 0 aliphatic carbocycles. The third-order valence-electron chi connectivity index (χ3n) is 7.80. The van der Waals surface area contributed by atoms with Crippen molar-refractivity contribution in [2.45, 2.75) is 57.2 Å². The van der Waals surface area contributed by atoms with Crippen molar-refractivity contribution in [3.63, 3.8) is 0 Å². The highest BCUT2D eigenvalue weighted by Gasteiger charge is 2.48. The minimum atomic E-state index is -0.944. The van der Waals surface area contributed by atoms with E-state index in [-0.39, 0.29) is 19.2 Å². The molecule has 2 aliphatic rings. The zero-order valence-corrected chi connectivity index (χ0v) is 24.7. The van der Waals surface area contributed by atoms with Crippen LogP contribution in [0.3, 0.4) is 0 Å². The molecule has 10 nitrogen and oxygen atoms in total. The Morgan fingerprint density at radius 1 is 0.930 bits per heavy atom. The van der Waals surface area contributed by atoms with Crippen LogP contribution in [-0.4, -0.2) is 63.5 Å². The van der Waals surface area contributed by atoms with E-state index in [0.29, 0.717) is 18.1 Å². The summed E-state index contributed by atoms with van der Waals surface area (Å²) in [7, 11) is 1.58. The molecular weight excluding hydrogens is 546 g/mol. The van der Waals surface area contributed by atoms with E-state index in [1.165, 1.54) is 4.90 Å². The van der Waals surface area contributed by atoms with Gasteiger partial charge in [0.25, 0.3) is 0 Å². The highest BCUT2D eigenvalue weighted by molar-refractivity contribution is 5.86. The standard InChI is InChI=1S/C33H35N5O5/c1-32(2,3)43-30(39)36(4)29-27-20-37-26(21-38(27)35-34-29)28(42-31(37)40)22-41-33(23-14-8-5-9-15-23,24-16-10-6-11-17-24)25-18-12-7-13-19-25/h5-19,26,28H,20-22H2,1-4H3/t26-,28-/m1/s1. The first-order valence-corrected chi connectivity index (χ1v) is 14.3. The minimum Gasteiger partial charge on any atom is -0.443 e. The quantitative estimate of drug-likeness (QED) is 0.271. The van der Waals surface area contributed by atoms with Crippen LogP contribution in [-0.2, 0) is 32.9 Å². The topological polar surface area (TPSA) is 99.0 Å². The second-order valence-corrected chi connectivity index (χ2v) is 11.8. The SMILES string of the molecule is CN(C(=O)OC(C)(C)C)c1nnn2c1CN1C(=O)O[C@H](COC(c3ccccc3)(c3ccccc3)c3ccccc3)[C@H]1C2. The Morgan fingerprint density at radius 2 is 1.47 bits per heavy atom. The molecule has 0 unspecified atom stereocenters. The molecule has 43 heavy (non-hydrogen) atoms. The molecule has 0 N–H and O–H groups in total. The second kappa shape index (κ2) is 11.2. The maximum absolute atomic E-state index is 13.2. The van der Waals surface area contributed by atoms with Crippen LogP contribution in [0, 0.1) is 0 Å². The van der Waals surface area contributed by atoms with Crippen LogP contribution in [0.1, 0.15) is 43.2 Å². The monoisotopic (exact) mass is 581 g/mol. The van der Waals surface area contributed by atoms with Crippen LogP contribution in [0.5, 0.6) is 0 Å². The molecule has 2 aliphatic heterocycles. The molecule has 2 amide bonds. The molecule has 3 heterocycles. The van der Waals surface area contributed by atoms with Gasteiger partial charge in [0, 0.05) is 7.05 Å². The molecule has 0 saturated carbocycles. The average molecular weight is 582 g/mol. The van der Waals surface area contributed by atoms with E-state index in [2.05, 4.69) is 46.7 Å². The normalized spacial score (nSPS) is 18.0. The summed E-state index contributed by atoms with van der Waals surface area (Å²) in [5.74, 6) is 0.344. The lowest BCUT2D eigenvalue weighted by atomic mass is 9.80. The zero-order valence-electron chi connectivity index (χ0n) is 24.7. The van der Waals surface area contributed by atoms with Gasteiger partial charge in [0.1, 0.15) is 23.0 Å². The van der Waals surface area contributed by atoms with Gasteiger partial charge in [-0.25, -0.2) is 14.3 Å². The molecule has 1 saturated heterocycles. The van der Waals surface area contributed by atoms with Crippen molar-refractivity contribution in [1.82, 2.24) is 19.9 Å². The summed E-state index contributed by atoms with van der Waals surface area (Å²) in [5.41, 5.74) is 1.92. The molecule has 0 spiro atoms. The van der Waals surface area contributed by atoms with Crippen molar-refractivity contribution < 1.29 is 23.8 Å². The molecule has 0 bridgehead atoms. The number of amides is 2. The van der Waals surface area contributed by atoms with E-state index in [9.17, 15) is 9.59 Å². The highest BCUT2D eigenvalue weighted by atomic mass is 16.6. The summed E-state index contributed by atoms with van der Waals surface area (Å²) in [5, 5.41) is 8.57. The van der Waals surface area contributed by atoms with E-state index >= 15 is 0 Å². The second-order valence-electron chi connectivity index (χ2n) is 11.8. The Labute approximate surface area is 250 Å². The molecule has 1 aromatic heterocycles. The maximum Gasteiger partial charge on any atom is 0.415 e. The Kier molecular flexibility index (Phi) is 7.39. The van der Waals surface area contributed by atoms with Gasteiger partial charge in [-0.1, -0.05) is 96.2 Å². The molecule has 222 valence electrons. The van der Waals surface area contributed by atoms with Gasteiger partial charge in [-0.15, -0.1) is 5.10 Å². The summed E-state index contributed by atoms with van der Waals surface area (Å²) in [6.07, 6.45) is -1.55. The van der Waals surface area contributed by atoms with Crippen molar-refractivity contribution in [3.05, 3.63) is 113 Å². The summed E-state index contributed by atoms with van der Waals surface area (Å²) in [6.45, 7) is 6.08. The third-order valence-corrected chi connectivity index (χ3v) is 7.80. The first-order chi connectivity index (χ1) is 20.7. The molecule has 4 aromatic rings. The van der Waals surface area contributed by atoms with Gasteiger partial charge < -0.3 is 14.2 Å². The summed E-state index contributed by atoms with van der Waals surface area (Å²) in [6, 6.07) is 29.9. The lowest BCUT2D eigenvalue weighted by molar-refractivity contribution is -0.0400. The zero-order chi connectivity index (χ0) is 30.2. The number of carbonyl (C=O) groups is 2. The summed E-state index contributed by atoms with van der Waals surface area (Å²) >= 11 is 0. The summed E-state index contributed by atoms with van der Waals surface area (Å²) in [4.78, 5) is 28.9. The molecule has 3 aromatic carbocycles. The fourth-order valence-corrected chi connectivity index (χ4v) is 5.77. The largest absolute Gasteiger partial charge is 0.443 e. The van der Waals surface area contributed by atoms with Gasteiger partial charge in [0.15, 0.2) is 5.82 Å². The fraction of sp³-hybridized carbons (Fsp3) is 0.333. The predicted molar refractivity (Wildman–Crippen MR) is 159 cm³/mol. The number of carbonyl (C=O) groups excluding carboxylic acids is 2. The number of cyclic esters (lactones) is 1. The van der Waals surface area contributed by atoms with Crippen molar-refractivity contribution >= 4 is 18.0 Å². The first kappa shape index (κ1) is 28.4. The lowest BCUT2D eigenvalue weighted by Crippen LogP contribution is -2.47.